The number of nitrogen functional groups attached to an aromatic ring is 1. The van der Waals surface area contributed by atoms with E-state index in [9.17, 15) is 13.2 Å². The van der Waals surface area contributed by atoms with Gasteiger partial charge in [-0.3, -0.25) is 15.0 Å². The van der Waals surface area contributed by atoms with Gasteiger partial charge in [0.15, 0.2) is 0 Å². The van der Waals surface area contributed by atoms with Gasteiger partial charge in [-0.2, -0.15) is 0 Å². The third-order valence-corrected chi connectivity index (χ3v) is 6.26. The van der Waals surface area contributed by atoms with Crippen LogP contribution >= 0.6 is 0 Å². The number of pyridine rings is 1. The minimum atomic E-state index is -4.16. The Morgan fingerprint density at radius 1 is 1.17 bits per heavy atom. The molecule has 9 heteroatoms. The average Bonchev–Trinajstić information content (AvgIpc) is 2.75. The molecule has 3 rings (SSSR count). The molecule has 3 aromatic rings. The number of sulfone groups is 1. The van der Waals surface area contributed by atoms with Crippen molar-refractivity contribution in [2.45, 2.75) is 16.2 Å². The Balaban J connectivity index is 2.17. The van der Waals surface area contributed by atoms with E-state index in [2.05, 4.69) is 4.98 Å². The van der Waals surface area contributed by atoms with Crippen LogP contribution in [0.2, 0.25) is 0 Å². The van der Waals surface area contributed by atoms with Crippen LogP contribution in [0.15, 0.2) is 70.7 Å². The molecule has 0 aliphatic rings. The predicted octanol–water partition coefficient (Wildman–Crippen LogP) is 2.21. The van der Waals surface area contributed by atoms with E-state index >= 15 is 0 Å². The summed E-state index contributed by atoms with van der Waals surface area (Å²) in [6, 6.07) is 12.2. The first kappa shape index (κ1) is 20.3. The van der Waals surface area contributed by atoms with Gasteiger partial charge in [0.25, 0.3) is 5.91 Å². The molecule has 0 aliphatic carbocycles. The van der Waals surface area contributed by atoms with Gasteiger partial charge in [0, 0.05) is 18.8 Å². The lowest BCUT2D eigenvalue weighted by atomic mass is 10.0. The normalized spacial score (nSPS) is 11.1. The van der Waals surface area contributed by atoms with Crippen LogP contribution in [0, 0.1) is 0 Å². The van der Waals surface area contributed by atoms with Crippen molar-refractivity contribution in [2.24, 2.45) is 0 Å². The van der Waals surface area contributed by atoms with E-state index in [0.717, 1.165) is 5.56 Å². The number of hydrogen-bond acceptors (Lipinski definition) is 7. The number of ether oxygens (including phenoxy) is 1. The molecular weight excluding hydrogens is 394 g/mol. The fraction of sp³-hybridized carbons (Fsp3) is 0.100. The highest BCUT2D eigenvalue weighted by molar-refractivity contribution is 7.91. The van der Waals surface area contributed by atoms with Crippen LogP contribution in [0.25, 0.3) is 0 Å². The van der Waals surface area contributed by atoms with Crippen molar-refractivity contribution in [3.63, 3.8) is 0 Å². The van der Waals surface area contributed by atoms with E-state index in [0.29, 0.717) is 17.7 Å². The van der Waals surface area contributed by atoms with E-state index in [-0.39, 0.29) is 21.0 Å². The predicted molar refractivity (Wildman–Crippen MR) is 106 cm³/mol. The summed E-state index contributed by atoms with van der Waals surface area (Å²) in [5, 5.41) is 9.05. The van der Waals surface area contributed by atoms with Gasteiger partial charge in [0.1, 0.15) is 10.6 Å². The van der Waals surface area contributed by atoms with Crippen molar-refractivity contribution < 1.29 is 23.2 Å². The maximum absolute atomic E-state index is 13.3. The first-order valence-corrected chi connectivity index (χ1v) is 10.0. The Labute approximate surface area is 167 Å². The molecule has 1 heterocycles. The van der Waals surface area contributed by atoms with E-state index < -0.39 is 15.7 Å². The Morgan fingerprint density at radius 3 is 2.48 bits per heavy atom. The standard InChI is InChI=1S/C20H19N3O5S/c1-28-15-5-7-16(8-6-15)29(26,27)19-17(20(24)23-25)9-4-14(18(19)21)11-13-3-2-10-22-12-13/h2-10,12,25H,11,21H2,1H3,(H,23,24). The second-order valence-electron chi connectivity index (χ2n) is 6.17. The third-order valence-electron chi connectivity index (χ3n) is 4.39. The summed E-state index contributed by atoms with van der Waals surface area (Å²) >= 11 is 0. The quantitative estimate of drug-likeness (QED) is 0.321. The molecule has 29 heavy (non-hydrogen) atoms. The molecular formula is C20H19N3O5S. The zero-order valence-electron chi connectivity index (χ0n) is 15.5. The van der Waals surface area contributed by atoms with Crippen LogP contribution in [0.1, 0.15) is 21.5 Å². The number of anilines is 1. The Bertz CT molecular complexity index is 1130. The monoisotopic (exact) mass is 413 g/mol. The van der Waals surface area contributed by atoms with Crippen molar-refractivity contribution >= 4 is 21.4 Å². The molecule has 1 aromatic heterocycles. The van der Waals surface area contributed by atoms with Crippen molar-refractivity contribution in [2.75, 3.05) is 12.8 Å². The number of methoxy groups -OCH3 is 1. The molecule has 8 nitrogen and oxygen atoms in total. The molecule has 150 valence electrons. The highest BCUT2D eigenvalue weighted by Gasteiger charge is 2.29. The van der Waals surface area contributed by atoms with Crippen molar-refractivity contribution in [3.05, 3.63) is 77.6 Å². The highest BCUT2D eigenvalue weighted by atomic mass is 32.2. The minimum Gasteiger partial charge on any atom is -0.497 e. The van der Waals surface area contributed by atoms with E-state index in [1.165, 1.54) is 42.9 Å². The number of carbonyl (C=O) groups is 1. The molecule has 0 fully saturated rings. The lowest BCUT2D eigenvalue weighted by molar-refractivity contribution is 0.0703. The topological polar surface area (TPSA) is 132 Å². The fourth-order valence-corrected chi connectivity index (χ4v) is 4.52. The van der Waals surface area contributed by atoms with Crippen molar-refractivity contribution in [1.82, 2.24) is 10.5 Å². The summed E-state index contributed by atoms with van der Waals surface area (Å²) in [4.78, 5) is 15.7. The number of hydroxylamine groups is 1. The van der Waals surface area contributed by atoms with Crippen LogP contribution in [-0.2, 0) is 16.3 Å². The number of carbonyl (C=O) groups excluding carboxylic acids is 1. The number of amides is 1. The molecule has 0 bridgehead atoms. The molecule has 0 saturated carbocycles. The third kappa shape index (κ3) is 4.05. The Kier molecular flexibility index (Phi) is 5.81. The average molecular weight is 413 g/mol. The molecule has 4 N–H and O–H groups in total. The number of nitrogens with zero attached hydrogens (tertiary/aromatic N) is 1. The van der Waals surface area contributed by atoms with E-state index in [4.69, 9.17) is 15.7 Å². The Morgan fingerprint density at radius 2 is 1.90 bits per heavy atom. The van der Waals surface area contributed by atoms with Gasteiger partial charge >= 0.3 is 0 Å². The molecule has 0 aliphatic heterocycles. The van der Waals surface area contributed by atoms with E-state index in [1.807, 2.05) is 6.07 Å². The Hall–Kier alpha value is -3.43. The summed E-state index contributed by atoms with van der Waals surface area (Å²) in [7, 11) is -2.70. The second-order valence-corrected chi connectivity index (χ2v) is 8.06. The number of nitrogens with one attached hydrogen (secondary N) is 1. The smallest absolute Gasteiger partial charge is 0.276 e. The second kappa shape index (κ2) is 8.29. The van der Waals surface area contributed by atoms with Gasteiger partial charge in [-0.15, -0.1) is 0 Å². The number of nitrogens with two attached hydrogens (primary N) is 1. The van der Waals surface area contributed by atoms with Gasteiger partial charge in [0.05, 0.1) is 23.3 Å². The molecule has 0 saturated heterocycles. The van der Waals surface area contributed by atoms with Gasteiger partial charge in [0.2, 0.25) is 9.84 Å². The molecule has 2 aromatic carbocycles. The maximum Gasteiger partial charge on any atom is 0.276 e. The zero-order chi connectivity index (χ0) is 21.0. The van der Waals surface area contributed by atoms with Crippen LogP contribution in [0.5, 0.6) is 5.75 Å². The summed E-state index contributed by atoms with van der Waals surface area (Å²) in [5.74, 6) is -0.493. The van der Waals surface area contributed by atoms with Crippen LogP contribution < -0.4 is 16.0 Å². The summed E-state index contributed by atoms with van der Waals surface area (Å²) in [5.41, 5.74) is 8.71. The number of aromatic nitrogens is 1. The number of benzene rings is 2. The van der Waals surface area contributed by atoms with E-state index in [1.54, 1.807) is 24.5 Å². The van der Waals surface area contributed by atoms with Crippen LogP contribution in [-0.4, -0.2) is 31.6 Å². The highest BCUT2D eigenvalue weighted by Crippen LogP contribution is 2.33. The first-order valence-electron chi connectivity index (χ1n) is 8.52. The number of hydrogen-bond donors (Lipinski definition) is 3. The van der Waals surface area contributed by atoms with Crippen LogP contribution in [0.3, 0.4) is 0 Å². The first-order chi connectivity index (χ1) is 13.9. The fourth-order valence-electron chi connectivity index (χ4n) is 2.92. The molecule has 0 atom stereocenters. The van der Waals surface area contributed by atoms with Crippen molar-refractivity contribution in [3.8, 4) is 5.75 Å². The maximum atomic E-state index is 13.3. The largest absolute Gasteiger partial charge is 0.497 e. The molecule has 0 spiro atoms. The molecule has 0 radical (unpaired) electrons. The van der Waals surface area contributed by atoms with Crippen molar-refractivity contribution in [1.29, 1.82) is 0 Å². The zero-order valence-corrected chi connectivity index (χ0v) is 16.3. The molecule has 1 amide bonds. The number of rotatable bonds is 6. The molecule has 0 unspecified atom stereocenters. The van der Waals surface area contributed by atoms with Gasteiger partial charge < -0.3 is 10.5 Å². The SMILES string of the molecule is COc1ccc(S(=O)(=O)c2c(C(=O)NO)ccc(Cc3cccnc3)c2N)cc1. The van der Waals surface area contributed by atoms with Crippen LogP contribution in [0.4, 0.5) is 5.69 Å². The summed E-state index contributed by atoms with van der Waals surface area (Å²) < 4.78 is 31.7. The lowest BCUT2D eigenvalue weighted by Gasteiger charge is -2.16. The summed E-state index contributed by atoms with van der Waals surface area (Å²) in [6.45, 7) is 0. The van der Waals surface area contributed by atoms with Gasteiger partial charge in [-0.05, 0) is 47.5 Å². The lowest BCUT2D eigenvalue weighted by Crippen LogP contribution is -2.23. The minimum absolute atomic E-state index is 0.0597. The van der Waals surface area contributed by atoms with Gasteiger partial charge in [-0.25, -0.2) is 13.9 Å². The summed E-state index contributed by atoms with van der Waals surface area (Å²) in [6.07, 6.45) is 3.60. The van der Waals surface area contributed by atoms with Gasteiger partial charge in [-0.1, -0.05) is 12.1 Å².